The quantitative estimate of drug-likeness (QED) is 0.379. The van der Waals surface area contributed by atoms with Crippen molar-refractivity contribution in [1.82, 2.24) is 9.78 Å². The Morgan fingerprint density at radius 1 is 1.06 bits per heavy atom. The third kappa shape index (κ3) is 3.51. The summed E-state index contributed by atoms with van der Waals surface area (Å²) in [5.41, 5.74) is 5.07. The average Bonchev–Trinajstić information content (AvgIpc) is 3.52. The van der Waals surface area contributed by atoms with Crippen molar-refractivity contribution < 1.29 is 14.7 Å². The summed E-state index contributed by atoms with van der Waals surface area (Å²) < 4.78 is 1.69. The lowest BCUT2D eigenvalue weighted by Gasteiger charge is -2.35. The van der Waals surface area contributed by atoms with E-state index in [1.54, 1.807) is 34.2 Å². The molecular formula is C28H23N3O3S. The number of allylic oxidation sites excluding steroid dienone is 2. The highest BCUT2D eigenvalue weighted by atomic mass is 32.1. The lowest BCUT2D eigenvalue weighted by atomic mass is 9.73. The van der Waals surface area contributed by atoms with Gasteiger partial charge in [-0.1, -0.05) is 48.5 Å². The highest BCUT2D eigenvalue weighted by Gasteiger charge is 2.41. The Hall–Kier alpha value is -3.97. The van der Waals surface area contributed by atoms with E-state index < -0.39 is 5.97 Å². The Kier molecular flexibility index (Phi) is 5.15. The number of fused-ring (bicyclic) bond motifs is 1. The average molecular weight is 482 g/mol. The van der Waals surface area contributed by atoms with Crippen LogP contribution in [-0.4, -0.2) is 26.6 Å². The molecule has 2 atom stereocenters. The fourth-order valence-corrected chi connectivity index (χ4v) is 6.22. The molecule has 3 heterocycles. The van der Waals surface area contributed by atoms with Crippen molar-refractivity contribution in [2.45, 2.75) is 31.6 Å². The van der Waals surface area contributed by atoms with Gasteiger partial charge < -0.3 is 10.4 Å². The zero-order valence-electron chi connectivity index (χ0n) is 19.1. The molecule has 6 rings (SSSR count). The third-order valence-corrected chi connectivity index (χ3v) is 7.94. The molecule has 174 valence electrons. The van der Waals surface area contributed by atoms with E-state index in [2.05, 4.69) is 11.4 Å². The lowest BCUT2D eigenvalue weighted by molar-refractivity contribution is -0.116. The number of thiophene rings is 1. The first-order chi connectivity index (χ1) is 17.0. The van der Waals surface area contributed by atoms with Gasteiger partial charge in [-0.05, 0) is 42.5 Å². The fraction of sp³-hybridized carbons (Fsp3) is 0.179. The van der Waals surface area contributed by atoms with Crippen molar-refractivity contribution in [2.24, 2.45) is 0 Å². The molecule has 1 aliphatic carbocycles. The van der Waals surface area contributed by atoms with Gasteiger partial charge in [-0.3, -0.25) is 4.79 Å². The van der Waals surface area contributed by atoms with Crippen molar-refractivity contribution >= 4 is 28.9 Å². The van der Waals surface area contributed by atoms with Crippen LogP contribution in [0.15, 0.2) is 83.4 Å². The highest BCUT2D eigenvalue weighted by Crippen LogP contribution is 2.49. The highest BCUT2D eigenvalue weighted by molar-refractivity contribution is 7.10. The number of carboxylic acids is 1. The number of nitrogens with zero attached hydrogens (tertiary/aromatic N) is 2. The molecule has 1 aliphatic heterocycles. The number of hydrogen-bond donors (Lipinski definition) is 2. The van der Waals surface area contributed by atoms with Crippen LogP contribution in [0.2, 0.25) is 0 Å². The molecular weight excluding hydrogens is 458 g/mol. The maximum absolute atomic E-state index is 13.7. The van der Waals surface area contributed by atoms with Gasteiger partial charge in [0.05, 0.1) is 16.9 Å². The molecule has 0 unspecified atom stereocenters. The summed E-state index contributed by atoms with van der Waals surface area (Å²) in [4.78, 5) is 26.9. The molecule has 0 saturated heterocycles. The largest absolute Gasteiger partial charge is 0.478 e. The number of aromatic carboxylic acids is 1. The zero-order chi connectivity index (χ0) is 24.1. The Morgan fingerprint density at radius 2 is 1.83 bits per heavy atom. The molecule has 0 radical (unpaired) electrons. The number of rotatable bonds is 4. The summed E-state index contributed by atoms with van der Waals surface area (Å²) in [5, 5.41) is 20.2. The molecule has 0 amide bonds. The number of carbonyl (C=O) groups is 2. The minimum atomic E-state index is -1.01. The predicted octanol–water partition coefficient (Wildman–Crippen LogP) is 5.90. The van der Waals surface area contributed by atoms with Crippen LogP contribution in [0, 0.1) is 6.92 Å². The van der Waals surface area contributed by atoms with Gasteiger partial charge in [0.2, 0.25) is 0 Å². The van der Waals surface area contributed by atoms with Crippen LogP contribution in [0.1, 0.15) is 56.7 Å². The topological polar surface area (TPSA) is 84.2 Å². The summed E-state index contributed by atoms with van der Waals surface area (Å²) in [5.74, 6) is -0.276. The van der Waals surface area contributed by atoms with E-state index in [0.717, 1.165) is 40.3 Å². The lowest BCUT2D eigenvalue weighted by Crippen LogP contribution is -2.30. The van der Waals surface area contributed by atoms with E-state index in [1.807, 2.05) is 54.8 Å². The van der Waals surface area contributed by atoms with Crippen LogP contribution < -0.4 is 5.32 Å². The number of para-hydroxylation sites is 1. The maximum Gasteiger partial charge on any atom is 0.337 e. The first kappa shape index (κ1) is 21.6. The van der Waals surface area contributed by atoms with Crippen molar-refractivity contribution in [2.75, 3.05) is 5.32 Å². The molecule has 0 bridgehead atoms. The van der Waals surface area contributed by atoms with E-state index in [4.69, 9.17) is 5.10 Å². The van der Waals surface area contributed by atoms with Crippen molar-refractivity contribution in [3.63, 3.8) is 0 Å². The number of nitrogens with one attached hydrogen (secondary N) is 1. The van der Waals surface area contributed by atoms with Crippen molar-refractivity contribution in [3.8, 4) is 5.69 Å². The second kappa shape index (κ2) is 8.36. The van der Waals surface area contributed by atoms with E-state index in [1.165, 1.54) is 4.88 Å². The Morgan fingerprint density at radius 3 is 2.57 bits per heavy atom. The standard InChI is InChI=1S/C28H23N3O3S/c1-16-24-25(17-8-3-2-4-9-17)26-20(14-18(15-22(26)32)23-12-7-13-35-23)29-27(24)31(30-16)21-11-6-5-10-19(21)28(33)34/h2-13,18,25,29H,14-15H2,1H3,(H,33,34)/t18-,25-/m1/s1. The second-order valence-corrected chi connectivity index (χ2v) is 9.97. The molecule has 2 N–H and O–H groups in total. The molecule has 35 heavy (non-hydrogen) atoms. The van der Waals surface area contributed by atoms with Gasteiger partial charge in [0.15, 0.2) is 5.78 Å². The minimum absolute atomic E-state index is 0.121. The zero-order valence-corrected chi connectivity index (χ0v) is 19.9. The summed E-state index contributed by atoms with van der Waals surface area (Å²) in [6.45, 7) is 1.92. The van der Waals surface area contributed by atoms with Crippen LogP contribution in [0.25, 0.3) is 5.69 Å². The van der Waals surface area contributed by atoms with Crippen LogP contribution in [0.5, 0.6) is 0 Å². The monoisotopic (exact) mass is 481 g/mol. The molecule has 4 aromatic rings. The smallest absolute Gasteiger partial charge is 0.337 e. The molecule has 0 saturated carbocycles. The van der Waals surface area contributed by atoms with Gasteiger partial charge >= 0.3 is 5.97 Å². The number of ketones is 1. The van der Waals surface area contributed by atoms with Crippen LogP contribution in [0.3, 0.4) is 0 Å². The third-order valence-electron chi connectivity index (χ3n) is 6.90. The molecule has 2 aromatic carbocycles. The van der Waals surface area contributed by atoms with E-state index >= 15 is 0 Å². The minimum Gasteiger partial charge on any atom is -0.478 e. The number of Topliss-reactive ketones (excluding diaryl/α,β-unsaturated/α-hetero) is 1. The number of anilines is 1. The van der Waals surface area contributed by atoms with Gasteiger partial charge in [0.1, 0.15) is 5.82 Å². The normalized spacial score (nSPS) is 19.2. The fourth-order valence-electron chi connectivity index (χ4n) is 5.39. The molecule has 2 aliphatic rings. The van der Waals surface area contributed by atoms with Crippen LogP contribution >= 0.6 is 11.3 Å². The Balaban J connectivity index is 1.56. The van der Waals surface area contributed by atoms with Crippen LogP contribution in [0.4, 0.5) is 5.82 Å². The summed E-state index contributed by atoms with van der Waals surface area (Å²) in [6, 6.07) is 21.0. The van der Waals surface area contributed by atoms with Crippen LogP contribution in [-0.2, 0) is 4.79 Å². The number of carboxylic acid groups (broad SMARTS) is 1. The predicted molar refractivity (Wildman–Crippen MR) is 135 cm³/mol. The first-order valence-corrected chi connectivity index (χ1v) is 12.4. The van der Waals surface area contributed by atoms with Gasteiger partial charge in [0, 0.05) is 40.0 Å². The number of aromatic nitrogens is 2. The molecule has 0 spiro atoms. The molecule has 0 fully saturated rings. The number of hydrogen-bond acceptors (Lipinski definition) is 5. The first-order valence-electron chi connectivity index (χ1n) is 11.6. The number of benzene rings is 2. The van der Waals surface area contributed by atoms with Gasteiger partial charge in [-0.15, -0.1) is 11.3 Å². The van der Waals surface area contributed by atoms with Crippen molar-refractivity contribution in [3.05, 3.63) is 111 Å². The molecule has 7 heteroatoms. The SMILES string of the molecule is Cc1nn(-c2ccccc2C(=O)O)c2c1[C@@H](c1ccccc1)C1=C(C[C@@H](c3cccs3)CC1=O)N2. The summed E-state index contributed by atoms with van der Waals surface area (Å²) in [6.07, 6.45) is 1.20. The number of carbonyl (C=O) groups excluding carboxylic acids is 1. The number of aryl methyl sites for hydroxylation is 1. The molecule has 2 aromatic heterocycles. The van der Waals surface area contributed by atoms with Gasteiger partial charge in [-0.2, -0.15) is 5.10 Å². The molecule has 6 nitrogen and oxygen atoms in total. The van der Waals surface area contributed by atoms with E-state index in [9.17, 15) is 14.7 Å². The Bertz CT molecular complexity index is 1490. The maximum atomic E-state index is 13.7. The van der Waals surface area contributed by atoms with Gasteiger partial charge in [-0.25, -0.2) is 9.48 Å². The van der Waals surface area contributed by atoms with Crippen molar-refractivity contribution in [1.29, 1.82) is 0 Å². The van der Waals surface area contributed by atoms with E-state index in [-0.39, 0.29) is 23.2 Å². The van der Waals surface area contributed by atoms with E-state index in [0.29, 0.717) is 12.1 Å². The Labute approximate surface area is 206 Å². The summed E-state index contributed by atoms with van der Waals surface area (Å²) in [7, 11) is 0. The second-order valence-electron chi connectivity index (χ2n) is 8.99. The summed E-state index contributed by atoms with van der Waals surface area (Å²) >= 11 is 1.68. The van der Waals surface area contributed by atoms with Gasteiger partial charge in [0.25, 0.3) is 0 Å².